The van der Waals surface area contributed by atoms with Crippen LogP contribution in [0.1, 0.15) is 0 Å². The van der Waals surface area contributed by atoms with Crippen molar-refractivity contribution in [2.24, 2.45) is 0 Å². The summed E-state index contributed by atoms with van der Waals surface area (Å²) >= 11 is 5.61. The van der Waals surface area contributed by atoms with Crippen molar-refractivity contribution in [1.82, 2.24) is 9.97 Å². The van der Waals surface area contributed by atoms with E-state index in [0.717, 1.165) is 11.1 Å². The smallest absolute Gasteiger partial charge is 0.231 e. The van der Waals surface area contributed by atoms with Crippen LogP contribution in [0, 0.1) is 5.95 Å². The molecule has 70 valence electrons. The quantitative estimate of drug-likeness (QED) is 0.674. The molecule has 0 saturated heterocycles. The van der Waals surface area contributed by atoms with E-state index in [1.807, 2.05) is 12.1 Å². The number of pyridine rings is 2. The first-order valence-electron chi connectivity index (χ1n) is 3.99. The van der Waals surface area contributed by atoms with Crippen LogP contribution in [-0.4, -0.2) is 9.97 Å². The van der Waals surface area contributed by atoms with Crippen molar-refractivity contribution in [3.8, 4) is 11.1 Å². The van der Waals surface area contributed by atoms with E-state index in [2.05, 4.69) is 9.97 Å². The van der Waals surface area contributed by atoms with Gasteiger partial charge in [0.05, 0.1) is 5.02 Å². The highest BCUT2D eigenvalue weighted by Gasteiger charge is 2.03. The van der Waals surface area contributed by atoms with Gasteiger partial charge < -0.3 is 0 Å². The molecule has 0 aliphatic rings. The zero-order chi connectivity index (χ0) is 9.97. The second-order valence-electron chi connectivity index (χ2n) is 2.73. The summed E-state index contributed by atoms with van der Waals surface area (Å²) in [5.41, 5.74) is 1.69. The highest BCUT2D eigenvalue weighted by atomic mass is 35.5. The molecule has 4 heteroatoms. The predicted octanol–water partition coefficient (Wildman–Crippen LogP) is 2.94. The average molecular weight is 209 g/mol. The van der Waals surface area contributed by atoms with Gasteiger partial charge >= 0.3 is 0 Å². The molecule has 0 aliphatic heterocycles. The summed E-state index contributed by atoms with van der Waals surface area (Å²) in [4.78, 5) is 7.42. The SMILES string of the molecule is Fc1ncc(-c2ccncc2)cc1Cl. The van der Waals surface area contributed by atoms with Gasteiger partial charge in [0.25, 0.3) is 0 Å². The van der Waals surface area contributed by atoms with Crippen LogP contribution in [0.2, 0.25) is 5.02 Å². The lowest BCUT2D eigenvalue weighted by Gasteiger charge is -2.00. The molecule has 2 aromatic heterocycles. The van der Waals surface area contributed by atoms with Gasteiger partial charge in [-0.15, -0.1) is 0 Å². The molecule has 0 aromatic carbocycles. The maximum atomic E-state index is 12.8. The van der Waals surface area contributed by atoms with Gasteiger partial charge in [-0.05, 0) is 23.8 Å². The molecule has 0 unspecified atom stereocenters. The zero-order valence-electron chi connectivity index (χ0n) is 7.11. The zero-order valence-corrected chi connectivity index (χ0v) is 7.87. The molecule has 0 radical (unpaired) electrons. The van der Waals surface area contributed by atoms with Gasteiger partial charge in [0.1, 0.15) is 0 Å². The third-order valence-electron chi connectivity index (χ3n) is 1.81. The number of hydrogen-bond acceptors (Lipinski definition) is 2. The summed E-state index contributed by atoms with van der Waals surface area (Å²) in [6.07, 6.45) is 4.76. The number of hydrogen-bond donors (Lipinski definition) is 0. The van der Waals surface area contributed by atoms with Crippen molar-refractivity contribution < 1.29 is 4.39 Å². The van der Waals surface area contributed by atoms with E-state index in [-0.39, 0.29) is 5.02 Å². The Labute approximate surface area is 85.4 Å². The monoisotopic (exact) mass is 208 g/mol. The van der Waals surface area contributed by atoms with Crippen molar-refractivity contribution in [3.05, 3.63) is 47.8 Å². The molecule has 0 saturated carbocycles. The summed E-state index contributed by atoms with van der Waals surface area (Å²) in [7, 11) is 0. The molecule has 0 bridgehead atoms. The highest BCUT2D eigenvalue weighted by Crippen LogP contribution is 2.22. The first-order chi connectivity index (χ1) is 6.77. The molecule has 2 nitrogen and oxygen atoms in total. The molecule has 0 amide bonds. The number of nitrogens with zero attached hydrogens (tertiary/aromatic N) is 2. The maximum absolute atomic E-state index is 12.8. The van der Waals surface area contributed by atoms with E-state index in [9.17, 15) is 4.39 Å². The summed E-state index contributed by atoms with van der Waals surface area (Å²) in [5, 5.41) is 0.0271. The van der Waals surface area contributed by atoms with Gasteiger partial charge in [-0.2, -0.15) is 4.39 Å². The Kier molecular flexibility index (Phi) is 2.41. The predicted molar refractivity (Wildman–Crippen MR) is 52.4 cm³/mol. The Morgan fingerprint density at radius 2 is 1.86 bits per heavy atom. The van der Waals surface area contributed by atoms with E-state index in [4.69, 9.17) is 11.6 Å². The van der Waals surface area contributed by atoms with Crippen molar-refractivity contribution in [2.75, 3.05) is 0 Å². The number of aromatic nitrogens is 2. The van der Waals surface area contributed by atoms with Gasteiger partial charge in [0.2, 0.25) is 5.95 Å². The summed E-state index contributed by atoms with van der Waals surface area (Å²) < 4.78 is 12.8. The molecule has 14 heavy (non-hydrogen) atoms. The summed E-state index contributed by atoms with van der Waals surface area (Å²) in [5.74, 6) is -0.649. The molecule has 0 fully saturated rings. The van der Waals surface area contributed by atoms with Crippen molar-refractivity contribution in [3.63, 3.8) is 0 Å². The minimum absolute atomic E-state index is 0.0271. The van der Waals surface area contributed by atoms with Crippen LogP contribution in [0.4, 0.5) is 4.39 Å². The molecule has 0 atom stereocenters. The first-order valence-corrected chi connectivity index (χ1v) is 4.36. The minimum Gasteiger partial charge on any atom is -0.265 e. The van der Waals surface area contributed by atoms with Gasteiger partial charge in [0, 0.05) is 24.2 Å². The van der Waals surface area contributed by atoms with Gasteiger partial charge in [-0.1, -0.05) is 11.6 Å². The lowest BCUT2D eigenvalue weighted by molar-refractivity contribution is 0.584. The molecular weight excluding hydrogens is 203 g/mol. The topological polar surface area (TPSA) is 25.8 Å². The van der Waals surface area contributed by atoms with Crippen molar-refractivity contribution in [1.29, 1.82) is 0 Å². The van der Waals surface area contributed by atoms with E-state index >= 15 is 0 Å². The van der Waals surface area contributed by atoms with Gasteiger partial charge in [0.15, 0.2) is 0 Å². The van der Waals surface area contributed by atoms with E-state index in [1.54, 1.807) is 18.5 Å². The van der Waals surface area contributed by atoms with Crippen molar-refractivity contribution >= 4 is 11.6 Å². The average Bonchev–Trinajstić information content (AvgIpc) is 2.23. The Hall–Kier alpha value is -1.48. The molecule has 0 N–H and O–H groups in total. The first kappa shape index (κ1) is 9.09. The Bertz CT molecular complexity index is 445. The highest BCUT2D eigenvalue weighted by molar-refractivity contribution is 6.30. The van der Waals surface area contributed by atoms with Crippen LogP contribution in [0.25, 0.3) is 11.1 Å². The van der Waals surface area contributed by atoms with E-state index in [0.29, 0.717) is 0 Å². The molecule has 2 rings (SSSR count). The van der Waals surface area contributed by atoms with E-state index in [1.165, 1.54) is 6.20 Å². The normalized spacial score (nSPS) is 10.1. The lowest BCUT2D eigenvalue weighted by atomic mass is 10.1. The van der Waals surface area contributed by atoms with E-state index < -0.39 is 5.95 Å². The van der Waals surface area contributed by atoms with Crippen molar-refractivity contribution in [2.45, 2.75) is 0 Å². The molecule has 0 spiro atoms. The third-order valence-corrected chi connectivity index (χ3v) is 2.07. The fourth-order valence-corrected chi connectivity index (χ4v) is 1.29. The minimum atomic E-state index is -0.649. The van der Waals surface area contributed by atoms with Crippen LogP contribution in [-0.2, 0) is 0 Å². The van der Waals surface area contributed by atoms with Gasteiger partial charge in [-0.25, -0.2) is 4.98 Å². The molecule has 2 aromatic rings. The molecule has 2 heterocycles. The largest absolute Gasteiger partial charge is 0.265 e. The Balaban J connectivity index is 2.48. The Morgan fingerprint density at radius 1 is 1.14 bits per heavy atom. The molecular formula is C10H6ClFN2. The number of halogens is 2. The summed E-state index contributed by atoms with van der Waals surface area (Å²) in [6.45, 7) is 0. The van der Waals surface area contributed by atoms with Crippen LogP contribution >= 0.6 is 11.6 Å². The standard InChI is InChI=1S/C10H6ClFN2/c11-9-5-8(6-14-10(9)12)7-1-3-13-4-2-7/h1-6H. The lowest BCUT2D eigenvalue weighted by Crippen LogP contribution is -1.86. The van der Waals surface area contributed by atoms with Crippen LogP contribution in [0.3, 0.4) is 0 Å². The fourth-order valence-electron chi connectivity index (χ4n) is 1.12. The van der Waals surface area contributed by atoms with Crippen LogP contribution in [0.5, 0.6) is 0 Å². The fraction of sp³-hybridized carbons (Fsp3) is 0. The maximum Gasteiger partial charge on any atom is 0.231 e. The third kappa shape index (κ3) is 1.72. The number of rotatable bonds is 1. The van der Waals surface area contributed by atoms with Crippen LogP contribution in [0.15, 0.2) is 36.8 Å². The summed E-state index contributed by atoms with van der Waals surface area (Å²) in [6, 6.07) is 5.16. The second kappa shape index (κ2) is 3.72. The van der Waals surface area contributed by atoms with Crippen LogP contribution < -0.4 is 0 Å². The Morgan fingerprint density at radius 3 is 2.50 bits per heavy atom. The second-order valence-corrected chi connectivity index (χ2v) is 3.14. The van der Waals surface area contributed by atoms with Gasteiger partial charge in [-0.3, -0.25) is 4.98 Å². The molecule has 0 aliphatic carbocycles.